The topological polar surface area (TPSA) is 50.2 Å². The van der Waals surface area contributed by atoms with E-state index in [9.17, 15) is 4.79 Å². The zero-order valence-corrected chi connectivity index (χ0v) is 11.5. The Balaban J connectivity index is 2.23. The minimum Gasteiger partial charge on any atom is -0.481 e. The summed E-state index contributed by atoms with van der Waals surface area (Å²) in [4.78, 5) is 15.5. The van der Waals surface area contributed by atoms with Crippen LogP contribution >= 0.6 is 11.3 Å². The van der Waals surface area contributed by atoms with Crippen LogP contribution in [0.3, 0.4) is 0 Å². The van der Waals surface area contributed by atoms with Crippen LogP contribution in [0, 0.1) is 5.41 Å². The molecule has 0 saturated carbocycles. The SMILES string of the molecule is CCC(C)(CC(=O)O)Cc1nc2ccccc2s1. The second-order valence-electron chi connectivity index (χ2n) is 4.99. The average molecular weight is 263 g/mol. The fraction of sp³-hybridized carbons (Fsp3) is 0.429. The van der Waals surface area contributed by atoms with Crippen molar-refractivity contribution in [2.45, 2.75) is 33.1 Å². The zero-order valence-electron chi connectivity index (χ0n) is 10.6. The highest BCUT2D eigenvalue weighted by Gasteiger charge is 2.27. The molecule has 2 aromatic rings. The molecule has 1 aromatic heterocycles. The van der Waals surface area contributed by atoms with Crippen molar-refractivity contribution >= 4 is 27.5 Å². The van der Waals surface area contributed by atoms with Gasteiger partial charge in [0.05, 0.1) is 21.6 Å². The molecule has 0 aliphatic carbocycles. The normalized spacial score (nSPS) is 14.6. The van der Waals surface area contributed by atoms with E-state index < -0.39 is 5.97 Å². The van der Waals surface area contributed by atoms with Gasteiger partial charge in [0.1, 0.15) is 0 Å². The van der Waals surface area contributed by atoms with Crippen molar-refractivity contribution in [3.63, 3.8) is 0 Å². The number of nitrogens with zero attached hydrogens (tertiary/aromatic N) is 1. The van der Waals surface area contributed by atoms with Gasteiger partial charge in [-0.2, -0.15) is 0 Å². The lowest BCUT2D eigenvalue weighted by atomic mass is 9.81. The number of rotatable bonds is 5. The van der Waals surface area contributed by atoms with Gasteiger partial charge in [0.2, 0.25) is 0 Å². The quantitative estimate of drug-likeness (QED) is 0.894. The van der Waals surface area contributed by atoms with Crippen LogP contribution in [-0.4, -0.2) is 16.1 Å². The number of thiazole rings is 1. The largest absolute Gasteiger partial charge is 0.481 e. The summed E-state index contributed by atoms with van der Waals surface area (Å²) in [5.41, 5.74) is 0.797. The highest BCUT2D eigenvalue weighted by atomic mass is 32.1. The summed E-state index contributed by atoms with van der Waals surface area (Å²) in [6, 6.07) is 8.02. The summed E-state index contributed by atoms with van der Waals surface area (Å²) >= 11 is 1.66. The predicted molar refractivity (Wildman–Crippen MR) is 74.0 cm³/mol. The predicted octanol–water partition coefficient (Wildman–Crippen LogP) is 3.73. The van der Waals surface area contributed by atoms with E-state index in [4.69, 9.17) is 5.11 Å². The number of benzene rings is 1. The molecule has 3 nitrogen and oxygen atoms in total. The van der Waals surface area contributed by atoms with E-state index in [0.29, 0.717) is 0 Å². The van der Waals surface area contributed by atoms with Crippen molar-refractivity contribution in [2.24, 2.45) is 5.41 Å². The van der Waals surface area contributed by atoms with Gasteiger partial charge in [0, 0.05) is 6.42 Å². The number of aromatic nitrogens is 1. The van der Waals surface area contributed by atoms with Crippen LogP contribution < -0.4 is 0 Å². The highest BCUT2D eigenvalue weighted by molar-refractivity contribution is 7.18. The minimum absolute atomic E-state index is 0.194. The van der Waals surface area contributed by atoms with E-state index in [1.807, 2.05) is 32.0 Å². The van der Waals surface area contributed by atoms with Crippen molar-refractivity contribution < 1.29 is 9.90 Å². The molecule has 0 aliphatic heterocycles. The van der Waals surface area contributed by atoms with Gasteiger partial charge in [0.25, 0.3) is 0 Å². The third-order valence-corrected chi connectivity index (χ3v) is 4.38. The van der Waals surface area contributed by atoms with Crippen LogP contribution in [0.4, 0.5) is 0 Å². The average Bonchev–Trinajstić information content (AvgIpc) is 2.69. The third-order valence-electron chi connectivity index (χ3n) is 3.35. The summed E-state index contributed by atoms with van der Waals surface area (Å²) in [7, 11) is 0. The molecular weight excluding hydrogens is 246 g/mol. The maximum Gasteiger partial charge on any atom is 0.303 e. The van der Waals surface area contributed by atoms with E-state index >= 15 is 0 Å². The van der Waals surface area contributed by atoms with Crippen molar-refractivity contribution in [1.29, 1.82) is 0 Å². The lowest BCUT2D eigenvalue weighted by Gasteiger charge is -2.24. The summed E-state index contributed by atoms with van der Waals surface area (Å²) in [5, 5.41) is 10.0. The first-order chi connectivity index (χ1) is 8.52. The molecule has 4 heteroatoms. The molecule has 0 radical (unpaired) electrons. The molecule has 1 heterocycles. The van der Waals surface area contributed by atoms with Crippen LogP contribution in [0.15, 0.2) is 24.3 Å². The Morgan fingerprint density at radius 1 is 1.44 bits per heavy atom. The Bertz CT molecular complexity index is 531. The summed E-state index contributed by atoms with van der Waals surface area (Å²) in [6.45, 7) is 4.06. The molecule has 0 bridgehead atoms. The van der Waals surface area contributed by atoms with Crippen molar-refractivity contribution in [3.05, 3.63) is 29.3 Å². The number of carboxylic acids is 1. The molecular formula is C14H17NO2S. The van der Waals surface area contributed by atoms with E-state index in [1.165, 1.54) is 4.70 Å². The first kappa shape index (κ1) is 13.0. The molecule has 1 aromatic carbocycles. The first-order valence-electron chi connectivity index (χ1n) is 6.09. The Morgan fingerprint density at radius 2 is 2.17 bits per heavy atom. The second kappa shape index (κ2) is 5.06. The lowest BCUT2D eigenvalue weighted by Crippen LogP contribution is -2.22. The highest BCUT2D eigenvalue weighted by Crippen LogP contribution is 2.33. The van der Waals surface area contributed by atoms with Crippen LogP contribution in [0.5, 0.6) is 0 Å². The van der Waals surface area contributed by atoms with Crippen molar-refractivity contribution in [3.8, 4) is 0 Å². The molecule has 0 spiro atoms. The van der Waals surface area contributed by atoms with Gasteiger partial charge in [-0.15, -0.1) is 11.3 Å². The van der Waals surface area contributed by atoms with E-state index in [0.717, 1.165) is 23.4 Å². The fourth-order valence-corrected chi connectivity index (χ4v) is 3.22. The molecule has 1 N–H and O–H groups in total. The molecule has 96 valence electrons. The van der Waals surface area contributed by atoms with Crippen LogP contribution in [0.25, 0.3) is 10.2 Å². The Hall–Kier alpha value is -1.42. The van der Waals surface area contributed by atoms with Gasteiger partial charge in [0.15, 0.2) is 0 Å². The third kappa shape index (κ3) is 2.88. The van der Waals surface area contributed by atoms with Crippen molar-refractivity contribution in [2.75, 3.05) is 0 Å². The number of carbonyl (C=O) groups is 1. The maximum atomic E-state index is 10.9. The van der Waals surface area contributed by atoms with Gasteiger partial charge in [-0.25, -0.2) is 4.98 Å². The van der Waals surface area contributed by atoms with Crippen molar-refractivity contribution in [1.82, 2.24) is 4.98 Å². The molecule has 0 aliphatic rings. The first-order valence-corrected chi connectivity index (χ1v) is 6.90. The molecule has 18 heavy (non-hydrogen) atoms. The van der Waals surface area contributed by atoms with Gasteiger partial charge < -0.3 is 5.11 Å². The number of fused-ring (bicyclic) bond motifs is 1. The Kier molecular flexibility index (Phi) is 3.66. The molecule has 2 rings (SSSR count). The summed E-state index contributed by atoms with van der Waals surface area (Å²) in [5.74, 6) is -0.736. The number of hydrogen-bond acceptors (Lipinski definition) is 3. The number of carboxylic acid groups (broad SMARTS) is 1. The molecule has 0 saturated heterocycles. The van der Waals surface area contributed by atoms with Gasteiger partial charge in [-0.05, 0) is 24.0 Å². The molecule has 0 amide bonds. The lowest BCUT2D eigenvalue weighted by molar-refractivity contribution is -0.139. The summed E-state index contributed by atoms with van der Waals surface area (Å²) in [6.07, 6.45) is 1.77. The zero-order chi connectivity index (χ0) is 13.2. The minimum atomic E-state index is -0.736. The van der Waals surface area contributed by atoms with Gasteiger partial charge in [-0.3, -0.25) is 4.79 Å². The van der Waals surface area contributed by atoms with Gasteiger partial charge >= 0.3 is 5.97 Å². The monoisotopic (exact) mass is 263 g/mol. The van der Waals surface area contributed by atoms with E-state index in [1.54, 1.807) is 11.3 Å². The number of aliphatic carboxylic acids is 1. The number of para-hydroxylation sites is 1. The smallest absolute Gasteiger partial charge is 0.303 e. The standard InChI is InChI=1S/C14H17NO2S/c1-3-14(2,9-13(16)17)8-12-15-10-6-4-5-7-11(10)18-12/h4-7H,3,8-9H2,1-2H3,(H,16,17). The van der Waals surface area contributed by atoms with Gasteiger partial charge in [-0.1, -0.05) is 26.0 Å². The Labute approximate surface area is 110 Å². The second-order valence-corrected chi connectivity index (χ2v) is 6.10. The van der Waals surface area contributed by atoms with E-state index in [2.05, 4.69) is 11.1 Å². The fourth-order valence-electron chi connectivity index (χ4n) is 2.04. The Morgan fingerprint density at radius 3 is 2.78 bits per heavy atom. The molecule has 0 fully saturated rings. The number of hydrogen-bond donors (Lipinski definition) is 1. The van der Waals surface area contributed by atoms with Crippen LogP contribution in [0.2, 0.25) is 0 Å². The molecule has 1 unspecified atom stereocenters. The molecule has 1 atom stereocenters. The van der Waals surface area contributed by atoms with E-state index in [-0.39, 0.29) is 11.8 Å². The summed E-state index contributed by atoms with van der Waals surface area (Å²) < 4.78 is 1.17. The maximum absolute atomic E-state index is 10.9. The van der Waals surface area contributed by atoms with Crippen LogP contribution in [0.1, 0.15) is 31.7 Å². The van der Waals surface area contributed by atoms with Crippen LogP contribution in [-0.2, 0) is 11.2 Å².